The van der Waals surface area contributed by atoms with Crippen molar-refractivity contribution in [2.24, 2.45) is 0 Å². The molecule has 0 unspecified atom stereocenters. The van der Waals surface area contributed by atoms with Gasteiger partial charge in [-0.15, -0.1) is 0 Å². The average molecular weight is 419 g/mol. The summed E-state index contributed by atoms with van der Waals surface area (Å²) in [5, 5.41) is 21.1. The first-order valence-electron chi connectivity index (χ1n) is 7.11. The Hall–Kier alpha value is -3.33. The van der Waals surface area contributed by atoms with Crippen LogP contribution in [0.15, 0.2) is 59.2 Å². The lowest BCUT2D eigenvalue weighted by molar-refractivity contribution is -0.400. The average Bonchev–Trinajstić information content (AvgIpc) is 2.60. The number of carbonyl (C=O) groups is 1. The van der Waals surface area contributed by atoms with Crippen LogP contribution in [-0.4, -0.2) is 15.8 Å². The Labute approximate surface area is 155 Å². The van der Waals surface area contributed by atoms with Crippen LogP contribution in [0.25, 0.3) is 12.2 Å². The standard InChI is InChI=1S/C17H11BrN2O6/c18-14-4-7-16(13(11-14)9-10-19(22)23)26-17(21)8-3-12-1-5-15(6-2-12)20(24)25/h1-11H/b8-3+,10-9+. The van der Waals surface area contributed by atoms with Crippen molar-refractivity contribution < 1.29 is 19.4 Å². The van der Waals surface area contributed by atoms with Crippen LogP contribution < -0.4 is 4.74 Å². The van der Waals surface area contributed by atoms with Gasteiger partial charge in [-0.25, -0.2) is 4.79 Å². The smallest absolute Gasteiger partial charge is 0.336 e. The van der Waals surface area contributed by atoms with E-state index in [-0.39, 0.29) is 11.4 Å². The normalized spacial score (nSPS) is 11.0. The molecule has 0 aliphatic heterocycles. The molecule has 0 N–H and O–H groups in total. The number of nitro groups is 2. The Bertz CT molecular complexity index is 906. The molecule has 0 aliphatic rings. The number of non-ortho nitro benzene ring substituents is 1. The molecule has 0 fully saturated rings. The van der Waals surface area contributed by atoms with Crippen molar-refractivity contribution >= 4 is 39.7 Å². The molecule has 0 saturated carbocycles. The topological polar surface area (TPSA) is 113 Å². The summed E-state index contributed by atoms with van der Waals surface area (Å²) < 4.78 is 5.86. The van der Waals surface area contributed by atoms with E-state index in [0.717, 1.165) is 12.3 Å². The second-order valence-corrected chi connectivity index (χ2v) is 5.80. The minimum absolute atomic E-state index is 0.0539. The molecule has 0 aromatic heterocycles. The molecule has 0 radical (unpaired) electrons. The Morgan fingerprint density at radius 1 is 1.04 bits per heavy atom. The van der Waals surface area contributed by atoms with Crippen LogP contribution in [0.4, 0.5) is 5.69 Å². The number of hydrogen-bond donors (Lipinski definition) is 0. The van der Waals surface area contributed by atoms with Crippen molar-refractivity contribution in [1.29, 1.82) is 0 Å². The van der Waals surface area contributed by atoms with Crippen molar-refractivity contribution in [3.05, 3.63) is 90.6 Å². The fraction of sp³-hybridized carbons (Fsp3) is 0. The van der Waals surface area contributed by atoms with Crippen LogP contribution in [-0.2, 0) is 4.79 Å². The quantitative estimate of drug-likeness (QED) is 0.228. The summed E-state index contributed by atoms with van der Waals surface area (Å²) in [6, 6.07) is 10.3. The second kappa shape index (κ2) is 8.67. The molecule has 8 nitrogen and oxygen atoms in total. The Morgan fingerprint density at radius 2 is 1.73 bits per heavy atom. The molecule has 26 heavy (non-hydrogen) atoms. The summed E-state index contributed by atoms with van der Waals surface area (Å²) in [5.41, 5.74) is 0.881. The predicted molar refractivity (Wildman–Crippen MR) is 97.9 cm³/mol. The number of benzene rings is 2. The van der Waals surface area contributed by atoms with Gasteiger partial charge in [0.2, 0.25) is 6.20 Å². The van der Waals surface area contributed by atoms with Gasteiger partial charge in [0.15, 0.2) is 0 Å². The highest BCUT2D eigenvalue weighted by Gasteiger charge is 2.08. The fourth-order valence-electron chi connectivity index (χ4n) is 1.90. The van der Waals surface area contributed by atoms with Crippen LogP contribution in [0.2, 0.25) is 0 Å². The van der Waals surface area contributed by atoms with Gasteiger partial charge in [-0.3, -0.25) is 20.2 Å². The van der Waals surface area contributed by atoms with E-state index in [1.54, 1.807) is 12.1 Å². The van der Waals surface area contributed by atoms with Gasteiger partial charge in [0.05, 0.1) is 9.85 Å². The number of rotatable bonds is 6. The van der Waals surface area contributed by atoms with E-state index in [2.05, 4.69) is 15.9 Å². The zero-order valence-corrected chi connectivity index (χ0v) is 14.7. The minimum atomic E-state index is -0.693. The molecule has 0 amide bonds. The van der Waals surface area contributed by atoms with Gasteiger partial charge in [-0.1, -0.05) is 15.9 Å². The number of nitrogens with zero attached hydrogens (tertiary/aromatic N) is 2. The van der Waals surface area contributed by atoms with Crippen molar-refractivity contribution in [2.45, 2.75) is 0 Å². The summed E-state index contributed by atoms with van der Waals surface area (Å²) in [5.74, 6) is -0.536. The predicted octanol–water partition coefficient (Wildman–Crippen LogP) is 4.22. The Balaban J connectivity index is 2.12. The van der Waals surface area contributed by atoms with E-state index >= 15 is 0 Å². The molecule has 2 aromatic carbocycles. The number of ether oxygens (including phenoxy) is 1. The lowest BCUT2D eigenvalue weighted by Gasteiger charge is -2.05. The first-order chi connectivity index (χ1) is 12.3. The SMILES string of the molecule is O=C(/C=C/c1ccc([N+](=O)[O-])cc1)Oc1ccc(Br)cc1/C=C/[N+](=O)[O-]. The molecule has 2 aromatic rings. The summed E-state index contributed by atoms with van der Waals surface area (Å²) in [6.45, 7) is 0. The van der Waals surface area contributed by atoms with E-state index < -0.39 is 15.8 Å². The van der Waals surface area contributed by atoms with Crippen molar-refractivity contribution in [3.63, 3.8) is 0 Å². The zero-order chi connectivity index (χ0) is 19.1. The van der Waals surface area contributed by atoms with E-state index in [1.165, 1.54) is 42.5 Å². The third-order valence-electron chi connectivity index (χ3n) is 3.07. The maximum Gasteiger partial charge on any atom is 0.336 e. The number of hydrogen-bond acceptors (Lipinski definition) is 6. The van der Waals surface area contributed by atoms with Crippen LogP contribution in [0.5, 0.6) is 5.75 Å². The second-order valence-electron chi connectivity index (χ2n) is 4.89. The third kappa shape index (κ3) is 5.64. The first-order valence-corrected chi connectivity index (χ1v) is 7.90. The van der Waals surface area contributed by atoms with E-state index in [1.807, 2.05) is 0 Å². The third-order valence-corrected chi connectivity index (χ3v) is 3.57. The molecule has 9 heteroatoms. The van der Waals surface area contributed by atoms with Crippen LogP contribution in [0.3, 0.4) is 0 Å². The highest BCUT2D eigenvalue weighted by Crippen LogP contribution is 2.25. The highest BCUT2D eigenvalue weighted by atomic mass is 79.9. The monoisotopic (exact) mass is 418 g/mol. The molecule has 0 aliphatic carbocycles. The van der Waals surface area contributed by atoms with Gasteiger partial charge < -0.3 is 4.74 Å². The molecular formula is C17H11BrN2O6. The van der Waals surface area contributed by atoms with Gasteiger partial charge in [-0.05, 0) is 42.0 Å². The summed E-state index contributed by atoms with van der Waals surface area (Å²) >= 11 is 3.24. The highest BCUT2D eigenvalue weighted by molar-refractivity contribution is 9.10. The molecule has 132 valence electrons. The van der Waals surface area contributed by atoms with E-state index in [9.17, 15) is 25.0 Å². The Kier molecular flexibility index (Phi) is 6.34. The van der Waals surface area contributed by atoms with Crippen LogP contribution >= 0.6 is 15.9 Å². The van der Waals surface area contributed by atoms with Gasteiger partial charge >= 0.3 is 5.97 Å². The summed E-state index contributed by atoms with van der Waals surface area (Å²) in [4.78, 5) is 31.9. The van der Waals surface area contributed by atoms with E-state index in [4.69, 9.17) is 4.74 Å². The largest absolute Gasteiger partial charge is 0.423 e. The van der Waals surface area contributed by atoms with Gasteiger partial charge in [-0.2, -0.15) is 0 Å². The summed E-state index contributed by atoms with van der Waals surface area (Å²) in [6.07, 6.45) is 4.56. The first kappa shape index (κ1) is 19.0. The maximum absolute atomic E-state index is 11.9. The van der Waals surface area contributed by atoms with Gasteiger partial charge in [0, 0.05) is 34.3 Å². The van der Waals surface area contributed by atoms with Crippen molar-refractivity contribution in [3.8, 4) is 5.75 Å². The molecular weight excluding hydrogens is 408 g/mol. The Morgan fingerprint density at radius 3 is 2.35 bits per heavy atom. The van der Waals surface area contributed by atoms with Crippen molar-refractivity contribution in [1.82, 2.24) is 0 Å². The molecule has 0 spiro atoms. The molecule has 0 saturated heterocycles. The summed E-state index contributed by atoms with van der Waals surface area (Å²) in [7, 11) is 0. The molecule has 2 rings (SSSR count). The van der Waals surface area contributed by atoms with Crippen LogP contribution in [0.1, 0.15) is 11.1 Å². The number of halogens is 1. The minimum Gasteiger partial charge on any atom is -0.423 e. The van der Waals surface area contributed by atoms with Gasteiger partial charge in [0.25, 0.3) is 5.69 Å². The zero-order valence-electron chi connectivity index (χ0n) is 13.1. The van der Waals surface area contributed by atoms with Gasteiger partial charge in [0.1, 0.15) is 5.75 Å². The molecule has 0 heterocycles. The lowest BCUT2D eigenvalue weighted by Crippen LogP contribution is -2.05. The number of nitro benzene ring substituents is 1. The maximum atomic E-state index is 11.9. The molecule has 0 atom stereocenters. The van der Waals surface area contributed by atoms with Crippen molar-refractivity contribution in [2.75, 3.05) is 0 Å². The fourth-order valence-corrected chi connectivity index (χ4v) is 2.28. The lowest BCUT2D eigenvalue weighted by atomic mass is 10.2. The van der Waals surface area contributed by atoms with Crippen LogP contribution in [0, 0.1) is 20.2 Å². The molecule has 0 bridgehead atoms. The number of esters is 1. The van der Waals surface area contributed by atoms with E-state index in [0.29, 0.717) is 15.6 Å². The number of carbonyl (C=O) groups excluding carboxylic acids is 1.